The molecule has 1 aromatic heterocycles. The molecule has 3 aromatic rings. The summed E-state index contributed by atoms with van der Waals surface area (Å²) < 4.78 is 5.59. The first-order valence-electron chi connectivity index (χ1n) is 8.38. The maximum absolute atomic E-state index is 12.0. The van der Waals surface area contributed by atoms with E-state index in [-0.39, 0.29) is 17.4 Å². The Morgan fingerprint density at radius 3 is 2.43 bits per heavy atom. The van der Waals surface area contributed by atoms with E-state index in [1.807, 2.05) is 0 Å². The van der Waals surface area contributed by atoms with Crippen molar-refractivity contribution in [3.8, 4) is 11.3 Å². The summed E-state index contributed by atoms with van der Waals surface area (Å²) in [5, 5.41) is 13.8. The van der Waals surface area contributed by atoms with E-state index in [1.165, 1.54) is 25.1 Å². The third kappa shape index (κ3) is 4.39. The molecule has 140 valence electrons. The van der Waals surface area contributed by atoms with Crippen molar-refractivity contribution < 1.29 is 18.9 Å². The van der Waals surface area contributed by atoms with Crippen LogP contribution in [0.15, 0.2) is 71.2 Å². The second kappa shape index (κ2) is 8.13. The van der Waals surface area contributed by atoms with Crippen molar-refractivity contribution in [2.24, 2.45) is 0 Å². The number of rotatable bonds is 6. The number of carbonyl (C=O) groups is 2. The van der Waals surface area contributed by atoms with Crippen LogP contribution < -0.4 is 5.32 Å². The molecular weight excluding hydrogens is 360 g/mol. The average Bonchev–Trinajstić information content (AvgIpc) is 3.15. The van der Waals surface area contributed by atoms with Crippen LogP contribution in [0.3, 0.4) is 0 Å². The van der Waals surface area contributed by atoms with Crippen molar-refractivity contribution in [1.29, 1.82) is 0 Å². The van der Waals surface area contributed by atoms with Crippen LogP contribution in [0.4, 0.5) is 11.4 Å². The Morgan fingerprint density at radius 1 is 1.04 bits per heavy atom. The zero-order chi connectivity index (χ0) is 20.1. The van der Waals surface area contributed by atoms with Gasteiger partial charge in [-0.25, -0.2) is 0 Å². The van der Waals surface area contributed by atoms with Crippen molar-refractivity contribution in [2.75, 3.05) is 5.32 Å². The van der Waals surface area contributed by atoms with Gasteiger partial charge in [0.25, 0.3) is 5.69 Å². The van der Waals surface area contributed by atoms with E-state index in [0.29, 0.717) is 28.3 Å². The Balaban J connectivity index is 1.69. The van der Waals surface area contributed by atoms with Crippen LogP contribution in [0.1, 0.15) is 23.0 Å². The fourth-order valence-electron chi connectivity index (χ4n) is 2.56. The van der Waals surface area contributed by atoms with Gasteiger partial charge in [0.2, 0.25) is 5.91 Å². The predicted molar refractivity (Wildman–Crippen MR) is 105 cm³/mol. The fraction of sp³-hybridized carbons (Fsp3) is 0.0476. The lowest BCUT2D eigenvalue weighted by Gasteiger charge is -2.02. The summed E-state index contributed by atoms with van der Waals surface area (Å²) in [5.74, 6) is 0.298. The topological polar surface area (TPSA) is 102 Å². The van der Waals surface area contributed by atoms with Crippen LogP contribution in [-0.4, -0.2) is 16.6 Å². The van der Waals surface area contributed by atoms with Crippen LogP contribution in [0, 0.1) is 10.1 Å². The van der Waals surface area contributed by atoms with Crippen LogP contribution >= 0.6 is 0 Å². The van der Waals surface area contributed by atoms with Crippen molar-refractivity contribution in [1.82, 2.24) is 0 Å². The Hall–Kier alpha value is -4.00. The minimum absolute atomic E-state index is 0.0509. The third-order valence-electron chi connectivity index (χ3n) is 3.95. The summed E-state index contributed by atoms with van der Waals surface area (Å²) in [6.07, 6.45) is 2.76. The average molecular weight is 376 g/mol. The number of nitro benzene ring substituents is 1. The number of nitro groups is 1. The van der Waals surface area contributed by atoms with E-state index in [4.69, 9.17) is 4.42 Å². The Morgan fingerprint density at radius 2 is 1.75 bits per heavy atom. The molecule has 1 N–H and O–H groups in total. The van der Waals surface area contributed by atoms with E-state index >= 15 is 0 Å². The molecule has 2 aromatic carbocycles. The van der Waals surface area contributed by atoms with Gasteiger partial charge < -0.3 is 9.73 Å². The molecule has 0 aliphatic heterocycles. The summed E-state index contributed by atoms with van der Waals surface area (Å²) in [6, 6.07) is 16.0. The zero-order valence-electron chi connectivity index (χ0n) is 14.9. The van der Waals surface area contributed by atoms with Crippen molar-refractivity contribution >= 4 is 29.1 Å². The number of Topliss-reactive ketones (excluding diaryl/α,β-unsaturated/α-hetero) is 1. The van der Waals surface area contributed by atoms with Crippen LogP contribution in [0.5, 0.6) is 0 Å². The van der Waals surface area contributed by atoms with Crippen molar-refractivity contribution in [3.63, 3.8) is 0 Å². The second-order valence-electron chi connectivity index (χ2n) is 5.93. The molecule has 7 heteroatoms. The van der Waals surface area contributed by atoms with E-state index in [9.17, 15) is 19.7 Å². The minimum atomic E-state index is -0.474. The van der Waals surface area contributed by atoms with E-state index < -0.39 is 4.92 Å². The monoisotopic (exact) mass is 376 g/mol. The van der Waals surface area contributed by atoms with Crippen molar-refractivity contribution in [2.45, 2.75) is 6.92 Å². The molecule has 7 nitrogen and oxygen atoms in total. The maximum Gasteiger partial charge on any atom is 0.280 e. The first kappa shape index (κ1) is 18.8. The van der Waals surface area contributed by atoms with E-state index in [0.717, 1.165) is 0 Å². The lowest BCUT2D eigenvalue weighted by molar-refractivity contribution is -0.384. The number of anilines is 1. The number of nitrogens with zero attached hydrogens (tertiary/aromatic N) is 1. The molecule has 28 heavy (non-hydrogen) atoms. The predicted octanol–water partition coefficient (Wildman–Crippen LogP) is 4.71. The maximum atomic E-state index is 12.0. The number of ketones is 1. The van der Waals surface area contributed by atoms with Gasteiger partial charge in [-0.2, -0.15) is 0 Å². The minimum Gasteiger partial charge on any atom is -0.456 e. The largest absolute Gasteiger partial charge is 0.456 e. The van der Waals surface area contributed by atoms with Gasteiger partial charge in [0.05, 0.1) is 10.5 Å². The molecule has 0 aliphatic carbocycles. The van der Waals surface area contributed by atoms with Gasteiger partial charge in [-0.1, -0.05) is 12.1 Å². The molecule has 1 amide bonds. The molecule has 3 rings (SSSR count). The Kier molecular flexibility index (Phi) is 5.45. The first-order chi connectivity index (χ1) is 13.4. The van der Waals surface area contributed by atoms with Gasteiger partial charge in [0.1, 0.15) is 11.5 Å². The fourth-order valence-corrected chi connectivity index (χ4v) is 2.56. The highest BCUT2D eigenvalue weighted by atomic mass is 16.6. The number of amides is 1. The molecule has 0 radical (unpaired) electrons. The highest BCUT2D eigenvalue weighted by Gasteiger charge is 2.16. The molecule has 0 unspecified atom stereocenters. The zero-order valence-corrected chi connectivity index (χ0v) is 14.9. The van der Waals surface area contributed by atoms with Crippen LogP contribution in [0.25, 0.3) is 17.4 Å². The quantitative estimate of drug-likeness (QED) is 0.290. The first-order valence-corrected chi connectivity index (χ1v) is 8.38. The number of hydrogen-bond donors (Lipinski definition) is 1. The normalized spacial score (nSPS) is 10.8. The van der Waals surface area contributed by atoms with Gasteiger partial charge in [0, 0.05) is 23.4 Å². The highest BCUT2D eigenvalue weighted by molar-refractivity contribution is 6.02. The Labute approximate surface area is 160 Å². The molecule has 0 saturated carbocycles. The summed E-state index contributed by atoms with van der Waals surface area (Å²) in [5.41, 5.74) is 1.42. The molecule has 0 spiro atoms. The molecule has 0 atom stereocenters. The van der Waals surface area contributed by atoms with Crippen molar-refractivity contribution in [3.05, 3.63) is 88.2 Å². The molecule has 0 bridgehead atoms. The number of hydrogen-bond acceptors (Lipinski definition) is 5. The summed E-state index contributed by atoms with van der Waals surface area (Å²) >= 11 is 0. The number of nitrogens with one attached hydrogen (secondary N) is 1. The summed E-state index contributed by atoms with van der Waals surface area (Å²) in [4.78, 5) is 33.9. The summed E-state index contributed by atoms with van der Waals surface area (Å²) in [6.45, 7) is 1.47. The molecular formula is C21H16N2O5. The van der Waals surface area contributed by atoms with Crippen LogP contribution in [-0.2, 0) is 4.79 Å². The molecule has 0 fully saturated rings. The van der Waals surface area contributed by atoms with Gasteiger partial charge >= 0.3 is 0 Å². The molecule has 0 saturated heterocycles. The highest BCUT2D eigenvalue weighted by Crippen LogP contribution is 2.31. The van der Waals surface area contributed by atoms with Gasteiger partial charge in [-0.3, -0.25) is 19.7 Å². The standard InChI is InChI=1S/C21H16N2O5/c1-14(24)15-6-8-16(9-7-15)22-21(25)13-11-17-10-12-20(28-17)18-4-2-3-5-19(18)23(26)27/h2-13H,1H3,(H,22,25). The number of carbonyl (C=O) groups excluding carboxylic acids is 2. The number of para-hydroxylation sites is 1. The van der Waals surface area contributed by atoms with Crippen LogP contribution in [0.2, 0.25) is 0 Å². The smallest absolute Gasteiger partial charge is 0.280 e. The van der Waals surface area contributed by atoms with Gasteiger partial charge in [-0.15, -0.1) is 0 Å². The van der Waals surface area contributed by atoms with Gasteiger partial charge in [0.15, 0.2) is 5.78 Å². The lowest BCUT2D eigenvalue weighted by atomic mass is 10.1. The number of furan rings is 1. The molecule has 0 aliphatic rings. The Bertz CT molecular complexity index is 1060. The number of benzene rings is 2. The summed E-state index contributed by atoms with van der Waals surface area (Å²) in [7, 11) is 0. The lowest BCUT2D eigenvalue weighted by Crippen LogP contribution is -2.07. The van der Waals surface area contributed by atoms with E-state index in [2.05, 4.69) is 5.32 Å². The third-order valence-corrected chi connectivity index (χ3v) is 3.95. The van der Waals surface area contributed by atoms with Gasteiger partial charge in [-0.05, 0) is 55.5 Å². The molecule has 1 heterocycles. The second-order valence-corrected chi connectivity index (χ2v) is 5.93. The SMILES string of the molecule is CC(=O)c1ccc(NC(=O)C=Cc2ccc(-c3ccccc3[N+](=O)[O-])o2)cc1. The van der Waals surface area contributed by atoms with E-state index in [1.54, 1.807) is 54.6 Å².